The third-order valence-electron chi connectivity index (χ3n) is 2.30. The highest BCUT2D eigenvalue weighted by Crippen LogP contribution is 2.28. The van der Waals surface area contributed by atoms with Gasteiger partial charge in [-0.15, -0.1) is 0 Å². The summed E-state index contributed by atoms with van der Waals surface area (Å²) in [5, 5.41) is 24.2. The van der Waals surface area contributed by atoms with E-state index in [1.54, 1.807) is 30.3 Å². The quantitative estimate of drug-likeness (QED) is 0.668. The standard InChI is InChI=1S/C11H8N4O4/c16-14(17)9-6-10(15(18)19)11(12-7-9)13-8-4-2-1-3-5-8/h1-7H,(H,12,13). The number of nitrogens with one attached hydrogen (secondary N) is 1. The number of nitro groups is 2. The van der Waals surface area contributed by atoms with Gasteiger partial charge in [0.1, 0.15) is 6.20 Å². The highest BCUT2D eigenvalue weighted by atomic mass is 16.6. The lowest BCUT2D eigenvalue weighted by Crippen LogP contribution is -2.01. The minimum absolute atomic E-state index is 0.0400. The van der Waals surface area contributed by atoms with Gasteiger partial charge in [0.25, 0.3) is 5.69 Å². The van der Waals surface area contributed by atoms with Crippen molar-refractivity contribution in [3.05, 3.63) is 62.8 Å². The molecule has 8 heteroatoms. The lowest BCUT2D eigenvalue weighted by molar-refractivity contribution is -0.394. The number of benzene rings is 1. The van der Waals surface area contributed by atoms with Gasteiger partial charge in [0, 0.05) is 5.69 Å². The van der Waals surface area contributed by atoms with Gasteiger partial charge in [0.15, 0.2) is 0 Å². The van der Waals surface area contributed by atoms with Crippen molar-refractivity contribution < 1.29 is 9.85 Å². The molecule has 0 unspecified atom stereocenters. The Labute approximate surface area is 107 Å². The molecule has 0 aliphatic heterocycles. The molecule has 1 heterocycles. The lowest BCUT2D eigenvalue weighted by Gasteiger charge is -2.05. The summed E-state index contributed by atoms with van der Waals surface area (Å²) in [7, 11) is 0. The van der Waals surface area contributed by atoms with Gasteiger partial charge in [-0.25, -0.2) is 4.98 Å². The van der Waals surface area contributed by atoms with E-state index < -0.39 is 21.2 Å². The summed E-state index contributed by atoms with van der Waals surface area (Å²) in [4.78, 5) is 23.7. The van der Waals surface area contributed by atoms with E-state index in [0.717, 1.165) is 12.3 Å². The minimum Gasteiger partial charge on any atom is -0.334 e. The summed E-state index contributed by atoms with van der Waals surface area (Å²) >= 11 is 0. The number of hydrogen-bond acceptors (Lipinski definition) is 6. The molecule has 1 aromatic carbocycles. The van der Waals surface area contributed by atoms with E-state index in [1.165, 1.54) is 0 Å². The number of anilines is 2. The number of nitrogens with zero attached hydrogens (tertiary/aromatic N) is 3. The van der Waals surface area contributed by atoms with Crippen molar-refractivity contribution in [3.8, 4) is 0 Å². The van der Waals surface area contributed by atoms with Crippen LogP contribution < -0.4 is 5.32 Å². The zero-order chi connectivity index (χ0) is 13.8. The molecule has 1 aromatic heterocycles. The molecule has 0 amide bonds. The predicted molar refractivity (Wildman–Crippen MR) is 67.3 cm³/mol. The van der Waals surface area contributed by atoms with Crippen molar-refractivity contribution in [3.63, 3.8) is 0 Å². The van der Waals surface area contributed by atoms with Gasteiger partial charge in [0.05, 0.1) is 15.9 Å². The molecule has 0 saturated heterocycles. The van der Waals surface area contributed by atoms with Gasteiger partial charge >= 0.3 is 5.69 Å². The van der Waals surface area contributed by atoms with E-state index in [9.17, 15) is 20.2 Å². The second-order valence-corrected chi connectivity index (χ2v) is 3.57. The fourth-order valence-electron chi connectivity index (χ4n) is 1.44. The van der Waals surface area contributed by atoms with Gasteiger partial charge in [-0.2, -0.15) is 0 Å². The van der Waals surface area contributed by atoms with Crippen LogP contribution in [0.15, 0.2) is 42.6 Å². The highest BCUT2D eigenvalue weighted by Gasteiger charge is 2.20. The van der Waals surface area contributed by atoms with E-state index in [4.69, 9.17) is 0 Å². The normalized spacial score (nSPS) is 9.89. The Kier molecular flexibility index (Phi) is 3.33. The topological polar surface area (TPSA) is 111 Å². The monoisotopic (exact) mass is 260 g/mol. The Morgan fingerprint density at radius 3 is 2.32 bits per heavy atom. The van der Waals surface area contributed by atoms with Crippen LogP contribution >= 0.6 is 0 Å². The molecule has 0 bridgehead atoms. The summed E-state index contributed by atoms with van der Waals surface area (Å²) in [6.07, 6.45) is 0.971. The Balaban J connectivity index is 2.40. The smallest absolute Gasteiger partial charge is 0.318 e. The maximum Gasteiger partial charge on any atom is 0.318 e. The summed E-state index contributed by atoms with van der Waals surface area (Å²) in [6.45, 7) is 0. The molecule has 2 aromatic rings. The van der Waals surface area contributed by atoms with Crippen molar-refractivity contribution in [1.29, 1.82) is 0 Å². The van der Waals surface area contributed by atoms with Crippen LogP contribution in [0.25, 0.3) is 0 Å². The number of pyridine rings is 1. The molecule has 0 radical (unpaired) electrons. The maximum atomic E-state index is 10.9. The van der Waals surface area contributed by atoms with Crippen molar-refractivity contribution in [2.45, 2.75) is 0 Å². The first-order valence-corrected chi connectivity index (χ1v) is 5.19. The third-order valence-corrected chi connectivity index (χ3v) is 2.30. The number of rotatable bonds is 4. The summed E-state index contributed by atoms with van der Waals surface area (Å²) in [5.74, 6) is -0.0400. The second kappa shape index (κ2) is 5.08. The van der Waals surface area contributed by atoms with E-state index >= 15 is 0 Å². The van der Waals surface area contributed by atoms with Gasteiger partial charge < -0.3 is 5.32 Å². The maximum absolute atomic E-state index is 10.9. The zero-order valence-electron chi connectivity index (χ0n) is 9.52. The zero-order valence-corrected chi connectivity index (χ0v) is 9.52. The fraction of sp³-hybridized carbons (Fsp3) is 0. The Morgan fingerprint density at radius 2 is 1.74 bits per heavy atom. The first kappa shape index (κ1) is 12.4. The molecule has 2 rings (SSSR count). The molecule has 0 saturated carbocycles. The lowest BCUT2D eigenvalue weighted by atomic mass is 10.3. The third kappa shape index (κ3) is 2.80. The molecule has 0 aliphatic rings. The molecule has 19 heavy (non-hydrogen) atoms. The van der Waals surface area contributed by atoms with Crippen molar-refractivity contribution in [2.75, 3.05) is 5.32 Å². The molecule has 8 nitrogen and oxygen atoms in total. The average molecular weight is 260 g/mol. The first-order chi connectivity index (χ1) is 9.08. The minimum atomic E-state index is -0.730. The summed E-state index contributed by atoms with van der Waals surface area (Å²) in [5.41, 5.74) is -0.268. The van der Waals surface area contributed by atoms with Crippen molar-refractivity contribution in [1.82, 2.24) is 4.98 Å². The molecule has 1 N–H and O–H groups in total. The molecule has 0 aliphatic carbocycles. The van der Waals surface area contributed by atoms with Crippen LogP contribution in [0, 0.1) is 20.2 Å². The Hall–Kier alpha value is -3.03. The molecule has 0 atom stereocenters. The molecular weight excluding hydrogens is 252 g/mol. The number of hydrogen-bond donors (Lipinski definition) is 1. The highest BCUT2D eigenvalue weighted by molar-refractivity contribution is 5.67. The van der Waals surface area contributed by atoms with Crippen LogP contribution in [0.4, 0.5) is 22.9 Å². The van der Waals surface area contributed by atoms with Gasteiger partial charge in [-0.1, -0.05) is 18.2 Å². The molecule has 96 valence electrons. The molecule has 0 fully saturated rings. The van der Waals surface area contributed by atoms with Gasteiger partial charge in [-0.05, 0) is 12.1 Å². The van der Waals surface area contributed by atoms with Crippen LogP contribution in [0.2, 0.25) is 0 Å². The van der Waals surface area contributed by atoms with Crippen LogP contribution in [-0.2, 0) is 0 Å². The average Bonchev–Trinajstić information content (AvgIpc) is 2.39. The first-order valence-electron chi connectivity index (χ1n) is 5.19. The molecule has 0 spiro atoms. The van der Waals surface area contributed by atoms with E-state index in [-0.39, 0.29) is 5.82 Å². The second-order valence-electron chi connectivity index (χ2n) is 3.57. The number of aromatic nitrogens is 1. The fourth-order valence-corrected chi connectivity index (χ4v) is 1.44. The summed E-state index contributed by atoms with van der Waals surface area (Å²) < 4.78 is 0. The van der Waals surface area contributed by atoms with Crippen molar-refractivity contribution in [2.24, 2.45) is 0 Å². The van der Waals surface area contributed by atoms with Gasteiger partial charge in [0.2, 0.25) is 5.82 Å². The SMILES string of the molecule is O=[N+]([O-])c1cnc(Nc2ccccc2)c([N+](=O)[O-])c1. The van der Waals surface area contributed by atoms with E-state index in [2.05, 4.69) is 10.3 Å². The van der Waals surface area contributed by atoms with E-state index in [0.29, 0.717) is 5.69 Å². The molecular formula is C11H8N4O4. The predicted octanol–water partition coefficient (Wildman–Crippen LogP) is 2.64. The largest absolute Gasteiger partial charge is 0.334 e. The van der Waals surface area contributed by atoms with Crippen molar-refractivity contribution >= 4 is 22.9 Å². The Bertz CT molecular complexity index is 630. The van der Waals surface area contributed by atoms with Crippen LogP contribution in [0.5, 0.6) is 0 Å². The van der Waals surface area contributed by atoms with Gasteiger partial charge in [-0.3, -0.25) is 20.2 Å². The number of para-hydroxylation sites is 1. The van der Waals surface area contributed by atoms with Crippen LogP contribution in [0.3, 0.4) is 0 Å². The Morgan fingerprint density at radius 1 is 1.05 bits per heavy atom. The van der Waals surface area contributed by atoms with Crippen LogP contribution in [0.1, 0.15) is 0 Å². The van der Waals surface area contributed by atoms with Crippen LogP contribution in [-0.4, -0.2) is 14.8 Å². The summed E-state index contributed by atoms with van der Waals surface area (Å²) in [6, 6.07) is 9.57. The van der Waals surface area contributed by atoms with E-state index in [1.807, 2.05) is 0 Å².